The van der Waals surface area contributed by atoms with Gasteiger partial charge in [0, 0.05) is 38.1 Å². The number of ketones is 1. The van der Waals surface area contributed by atoms with Crippen LogP contribution in [0, 0.1) is 0 Å². The summed E-state index contributed by atoms with van der Waals surface area (Å²) in [7, 11) is 2.17. The largest absolute Gasteiger partial charge is 0.300 e. The lowest BCUT2D eigenvalue weighted by atomic mass is 9.99. The molecule has 1 aliphatic heterocycles. The number of piperazine rings is 1. The summed E-state index contributed by atoms with van der Waals surface area (Å²) in [5, 5.41) is 0. The van der Waals surface area contributed by atoms with Gasteiger partial charge in [-0.3, -0.25) is 14.6 Å². The Bertz CT molecular complexity index is 213. The average molecular weight is 198 g/mol. The van der Waals surface area contributed by atoms with Gasteiger partial charge in [0.25, 0.3) is 0 Å². The molecule has 0 amide bonds. The second kappa shape index (κ2) is 4.41. The number of Topliss-reactive ketones (excluding diaryl/α,β-unsaturated/α-hetero) is 1. The normalized spacial score (nSPS) is 23.7. The van der Waals surface area contributed by atoms with E-state index in [0.717, 1.165) is 26.2 Å². The van der Waals surface area contributed by atoms with Crippen molar-refractivity contribution in [1.82, 2.24) is 9.80 Å². The number of likely N-dealkylation sites (N-methyl/N-ethyl adjacent to an activating group) is 1. The quantitative estimate of drug-likeness (QED) is 0.675. The molecule has 1 saturated heterocycles. The Morgan fingerprint density at radius 3 is 2.50 bits per heavy atom. The van der Waals surface area contributed by atoms with E-state index in [1.807, 2.05) is 0 Å². The molecule has 1 fully saturated rings. The van der Waals surface area contributed by atoms with Crippen molar-refractivity contribution in [3.05, 3.63) is 0 Å². The zero-order chi connectivity index (χ0) is 10.8. The SMILES string of the molecule is CC(=O)CCN1CCN(C)C(C)(C)C1. The van der Waals surface area contributed by atoms with Gasteiger partial charge in [-0.15, -0.1) is 0 Å². The Kier molecular flexibility index (Phi) is 3.67. The van der Waals surface area contributed by atoms with Gasteiger partial charge in [-0.1, -0.05) is 0 Å². The van der Waals surface area contributed by atoms with Crippen LogP contribution < -0.4 is 0 Å². The monoisotopic (exact) mass is 198 g/mol. The van der Waals surface area contributed by atoms with E-state index in [4.69, 9.17) is 0 Å². The van der Waals surface area contributed by atoms with Gasteiger partial charge in [-0.25, -0.2) is 0 Å². The van der Waals surface area contributed by atoms with Crippen molar-refractivity contribution in [3.8, 4) is 0 Å². The fourth-order valence-corrected chi connectivity index (χ4v) is 1.85. The first kappa shape index (κ1) is 11.7. The first-order valence-electron chi connectivity index (χ1n) is 5.35. The van der Waals surface area contributed by atoms with E-state index in [0.29, 0.717) is 12.2 Å². The molecule has 0 aliphatic carbocycles. The van der Waals surface area contributed by atoms with Crippen LogP contribution in [0.1, 0.15) is 27.2 Å². The van der Waals surface area contributed by atoms with Gasteiger partial charge in [-0.05, 0) is 27.8 Å². The molecule has 0 aromatic rings. The molecule has 0 saturated carbocycles. The molecule has 14 heavy (non-hydrogen) atoms. The molecule has 1 aliphatic rings. The van der Waals surface area contributed by atoms with E-state index in [1.165, 1.54) is 0 Å². The highest BCUT2D eigenvalue weighted by Crippen LogP contribution is 2.18. The molecule has 0 aromatic heterocycles. The molecule has 0 bridgehead atoms. The standard InChI is InChI=1S/C11H22N2O/c1-10(14)5-6-13-8-7-12(4)11(2,3)9-13/h5-9H2,1-4H3. The van der Waals surface area contributed by atoms with Crippen LogP contribution in [0.25, 0.3) is 0 Å². The summed E-state index contributed by atoms with van der Waals surface area (Å²) < 4.78 is 0. The number of hydrogen-bond acceptors (Lipinski definition) is 3. The number of carbonyl (C=O) groups excluding carboxylic acids is 1. The third-order valence-electron chi connectivity index (χ3n) is 3.18. The lowest BCUT2D eigenvalue weighted by molar-refractivity contribution is -0.117. The van der Waals surface area contributed by atoms with Gasteiger partial charge in [-0.2, -0.15) is 0 Å². The molecule has 0 aromatic carbocycles. The van der Waals surface area contributed by atoms with Crippen LogP contribution in [-0.2, 0) is 4.79 Å². The van der Waals surface area contributed by atoms with Gasteiger partial charge >= 0.3 is 0 Å². The minimum Gasteiger partial charge on any atom is -0.300 e. The molecule has 0 unspecified atom stereocenters. The van der Waals surface area contributed by atoms with Crippen LogP contribution >= 0.6 is 0 Å². The van der Waals surface area contributed by atoms with Crippen molar-refractivity contribution < 1.29 is 4.79 Å². The summed E-state index contributed by atoms with van der Waals surface area (Å²) in [6.07, 6.45) is 0.694. The maximum absolute atomic E-state index is 10.9. The van der Waals surface area contributed by atoms with Crippen molar-refractivity contribution >= 4 is 5.78 Å². The van der Waals surface area contributed by atoms with Gasteiger partial charge in [0.15, 0.2) is 0 Å². The zero-order valence-electron chi connectivity index (χ0n) is 9.84. The van der Waals surface area contributed by atoms with Gasteiger partial charge in [0.05, 0.1) is 0 Å². The fourth-order valence-electron chi connectivity index (χ4n) is 1.85. The van der Waals surface area contributed by atoms with Crippen LogP contribution in [0.2, 0.25) is 0 Å². The van der Waals surface area contributed by atoms with E-state index >= 15 is 0 Å². The number of carbonyl (C=O) groups is 1. The summed E-state index contributed by atoms with van der Waals surface area (Å²) in [5.74, 6) is 0.293. The molecule has 1 rings (SSSR count). The lowest BCUT2D eigenvalue weighted by Gasteiger charge is -2.45. The molecule has 3 nitrogen and oxygen atoms in total. The van der Waals surface area contributed by atoms with Crippen LogP contribution in [0.15, 0.2) is 0 Å². The second-order valence-corrected chi connectivity index (χ2v) is 4.96. The van der Waals surface area contributed by atoms with Crippen LogP contribution in [0.4, 0.5) is 0 Å². The van der Waals surface area contributed by atoms with Crippen LogP contribution in [0.3, 0.4) is 0 Å². The van der Waals surface area contributed by atoms with Crippen LogP contribution in [0.5, 0.6) is 0 Å². The molecule has 0 radical (unpaired) electrons. The predicted molar refractivity (Wildman–Crippen MR) is 58.4 cm³/mol. The van der Waals surface area contributed by atoms with Gasteiger partial charge < -0.3 is 0 Å². The molecule has 0 spiro atoms. The highest BCUT2D eigenvalue weighted by Gasteiger charge is 2.30. The third kappa shape index (κ3) is 3.07. The fraction of sp³-hybridized carbons (Fsp3) is 0.909. The zero-order valence-corrected chi connectivity index (χ0v) is 9.84. The number of hydrogen-bond donors (Lipinski definition) is 0. The molecule has 82 valence electrons. The van der Waals surface area contributed by atoms with Crippen molar-refractivity contribution in [2.75, 3.05) is 33.2 Å². The molecule has 0 N–H and O–H groups in total. The van der Waals surface area contributed by atoms with E-state index in [9.17, 15) is 4.79 Å². The summed E-state index contributed by atoms with van der Waals surface area (Å²) in [4.78, 5) is 15.7. The van der Waals surface area contributed by atoms with E-state index in [2.05, 4.69) is 30.7 Å². The summed E-state index contributed by atoms with van der Waals surface area (Å²) in [6, 6.07) is 0. The lowest BCUT2D eigenvalue weighted by Crippen LogP contribution is -2.57. The summed E-state index contributed by atoms with van der Waals surface area (Å²) >= 11 is 0. The molecule has 3 heteroatoms. The highest BCUT2D eigenvalue weighted by atomic mass is 16.1. The highest BCUT2D eigenvalue weighted by molar-refractivity contribution is 5.75. The summed E-state index contributed by atoms with van der Waals surface area (Å²) in [6.45, 7) is 10.4. The number of rotatable bonds is 3. The van der Waals surface area contributed by atoms with Crippen molar-refractivity contribution in [2.45, 2.75) is 32.7 Å². The van der Waals surface area contributed by atoms with Crippen molar-refractivity contribution in [1.29, 1.82) is 0 Å². The maximum atomic E-state index is 10.9. The van der Waals surface area contributed by atoms with Crippen LogP contribution in [-0.4, -0.2) is 54.3 Å². The molecule has 1 heterocycles. The Labute approximate surface area is 87.1 Å². The van der Waals surface area contributed by atoms with Crippen molar-refractivity contribution in [2.24, 2.45) is 0 Å². The second-order valence-electron chi connectivity index (χ2n) is 4.96. The van der Waals surface area contributed by atoms with Crippen molar-refractivity contribution in [3.63, 3.8) is 0 Å². The minimum absolute atomic E-state index is 0.245. The Hall–Kier alpha value is -0.410. The van der Waals surface area contributed by atoms with E-state index in [1.54, 1.807) is 6.92 Å². The van der Waals surface area contributed by atoms with Gasteiger partial charge in [0.1, 0.15) is 5.78 Å². The minimum atomic E-state index is 0.245. The predicted octanol–water partition coefficient (Wildman–Crippen LogP) is 0.991. The smallest absolute Gasteiger partial charge is 0.131 e. The molecular weight excluding hydrogens is 176 g/mol. The topological polar surface area (TPSA) is 23.6 Å². The first-order valence-corrected chi connectivity index (χ1v) is 5.35. The first-order chi connectivity index (χ1) is 6.42. The Morgan fingerprint density at radius 2 is 2.00 bits per heavy atom. The Morgan fingerprint density at radius 1 is 1.36 bits per heavy atom. The number of nitrogens with zero attached hydrogens (tertiary/aromatic N) is 2. The van der Waals surface area contributed by atoms with E-state index in [-0.39, 0.29) is 5.54 Å². The van der Waals surface area contributed by atoms with Gasteiger partial charge in [0.2, 0.25) is 0 Å². The molecular formula is C11H22N2O. The molecule has 0 atom stereocenters. The summed E-state index contributed by atoms with van der Waals surface area (Å²) in [5.41, 5.74) is 0.245. The maximum Gasteiger partial charge on any atom is 0.131 e. The van der Waals surface area contributed by atoms with E-state index < -0.39 is 0 Å². The Balaban J connectivity index is 2.39. The third-order valence-corrected chi connectivity index (χ3v) is 3.18. The average Bonchev–Trinajstić information content (AvgIpc) is 2.07.